The summed E-state index contributed by atoms with van der Waals surface area (Å²) < 4.78 is 0. The van der Waals surface area contributed by atoms with E-state index < -0.39 is 5.97 Å². The van der Waals surface area contributed by atoms with Gasteiger partial charge >= 0.3 is 5.97 Å². The van der Waals surface area contributed by atoms with Crippen LogP contribution in [0.25, 0.3) is 0 Å². The summed E-state index contributed by atoms with van der Waals surface area (Å²) in [6.45, 7) is 2.21. The summed E-state index contributed by atoms with van der Waals surface area (Å²) in [5, 5.41) is 8.45. The van der Waals surface area contributed by atoms with Gasteiger partial charge in [0.1, 0.15) is 0 Å². The first-order valence-electron chi connectivity index (χ1n) is 6.64. The van der Waals surface area contributed by atoms with Gasteiger partial charge < -0.3 is 5.11 Å². The number of unbranched alkanes of at least 4 members (excludes halogenated alkanes) is 7. The summed E-state index contributed by atoms with van der Waals surface area (Å²) in [6.07, 6.45) is 15.4. The minimum absolute atomic E-state index is 0. The molecule has 3 heteroatoms. The topological polar surface area (TPSA) is 37.3 Å². The van der Waals surface area contributed by atoms with Crippen LogP contribution in [0.3, 0.4) is 0 Å². The summed E-state index contributed by atoms with van der Waals surface area (Å²) in [5.41, 5.74) is 0. The van der Waals surface area contributed by atoms with Crippen LogP contribution in [0.15, 0.2) is 12.2 Å². The van der Waals surface area contributed by atoms with E-state index in [1.807, 2.05) is 0 Å². The minimum Gasteiger partial charge on any atom is -0.481 e. The quantitative estimate of drug-likeness (QED) is 0.319. The van der Waals surface area contributed by atoms with Crippen molar-refractivity contribution in [3.8, 4) is 0 Å². The molecule has 0 spiro atoms. The van der Waals surface area contributed by atoms with Gasteiger partial charge in [0.05, 0.1) is 0 Å². The Labute approximate surface area is 136 Å². The molecule has 0 saturated heterocycles. The van der Waals surface area contributed by atoms with Crippen molar-refractivity contribution in [3.63, 3.8) is 0 Å². The Hall–Kier alpha value is 0.470. The van der Waals surface area contributed by atoms with Crippen LogP contribution in [-0.2, 0) is 4.79 Å². The Kier molecular flexibility index (Phi) is 19.2. The molecular weight excluding hydrogens is 365 g/mol. The van der Waals surface area contributed by atoms with Gasteiger partial charge in [-0.05, 0) is 25.7 Å². The Morgan fingerprint density at radius 1 is 0.941 bits per heavy atom. The molecule has 0 aliphatic rings. The number of hydrogen-bond donors (Lipinski definition) is 1. The molecule has 1 radical (unpaired) electrons. The summed E-state index contributed by atoms with van der Waals surface area (Å²) in [5.74, 6) is -0.668. The van der Waals surface area contributed by atoms with Crippen LogP contribution >= 0.6 is 0 Å². The van der Waals surface area contributed by atoms with E-state index >= 15 is 0 Å². The molecule has 0 aromatic carbocycles. The molecule has 2 nitrogen and oxygen atoms in total. The van der Waals surface area contributed by atoms with Crippen molar-refractivity contribution in [1.29, 1.82) is 0 Å². The van der Waals surface area contributed by atoms with Crippen molar-refractivity contribution >= 4 is 5.97 Å². The molecule has 0 heterocycles. The van der Waals surface area contributed by atoms with E-state index in [4.69, 9.17) is 5.11 Å². The van der Waals surface area contributed by atoms with E-state index in [1.165, 1.54) is 44.9 Å². The van der Waals surface area contributed by atoms with Gasteiger partial charge in [-0.2, -0.15) is 0 Å². The maximum absolute atomic E-state index is 10.3. The molecule has 0 aliphatic heterocycles. The summed E-state index contributed by atoms with van der Waals surface area (Å²) in [4.78, 5) is 10.3. The van der Waals surface area contributed by atoms with E-state index in [-0.39, 0.29) is 37.7 Å². The Morgan fingerprint density at radius 2 is 1.47 bits per heavy atom. The van der Waals surface area contributed by atoms with Crippen molar-refractivity contribution in [1.82, 2.24) is 0 Å². The van der Waals surface area contributed by atoms with Gasteiger partial charge in [0.2, 0.25) is 0 Å². The maximum Gasteiger partial charge on any atom is 0.303 e. The third-order valence-corrected chi connectivity index (χ3v) is 2.65. The first-order valence-corrected chi connectivity index (χ1v) is 6.64. The second-order valence-corrected chi connectivity index (χ2v) is 4.31. The first-order chi connectivity index (χ1) is 7.77. The molecule has 0 aliphatic carbocycles. The number of carbonyl (C=O) groups is 1. The van der Waals surface area contributed by atoms with E-state index in [9.17, 15) is 4.79 Å². The molecular formula is C14H26HoO2. The molecule has 0 fully saturated rings. The smallest absolute Gasteiger partial charge is 0.303 e. The van der Waals surface area contributed by atoms with Gasteiger partial charge in [0, 0.05) is 44.2 Å². The second kappa shape index (κ2) is 16.5. The number of rotatable bonds is 11. The molecule has 17 heavy (non-hydrogen) atoms. The van der Waals surface area contributed by atoms with Crippen LogP contribution in [0.5, 0.6) is 0 Å². The van der Waals surface area contributed by atoms with Crippen LogP contribution in [0.1, 0.15) is 71.1 Å². The predicted octanol–water partition coefficient (Wildman–Crippen LogP) is 4.55. The van der Waals surface area contributed by atoms with Gasteiger partial charge in [0.15, 0.2) is 0 Å². The Balaban J connectivity index is 0. The molecule has 0 aromatic rings. The van der Waals surface area contributed by atoms with E-state index in [2.05, 4.69) is 19.1 Å². The molecule has 0 rings (SSSR count). The van der Waals surface area contributed by atoms with Gasteiger partial charge in [0.25, 0.3) is 0 Å². The summed E-state index contributed by atoms with van der Waals surface area (Å²) in [6, 6.07) is 0. The molecule has 0 amide bonds. The molecule has 0 aromatic heterocycles. The number of allylic oxidation sites excluding steroid dienone is 2. The maximum atomic E-state index is 10.3. The number of aliphatic carboxylic acids is 1. The molecule has 1 N–H and O–H groups in total. The third kappa shape index (κ3) is 19.0. The Bertz CT molecular complexity index is 191. The molecule has 105 valence electrons. The van der Waals surface area contributed by atoms with Crippen LogP contribution < -0.4 is 0 Å². The minimum atomic E-state index is -0.668. The van der Waals surface area contributed by atoms with Crippen molar-refractivity contribution in [2.75, 3.05) is 0 Å². The normalized spacial score (nSPS) is 10.4. The van der Waals surface area contributed by atoms with Crippen molar-refractivity contribution in [2.24, 2.45) is 0 Å². The van der Waals surface area contributed by atoms with Gasteiger partial charge in [-0.1, -0.05) is 51.2 Å². The molecule has 0 atom stereocenters. The van der Waals surface area contributed by atoms with Crippen molar-refractivity contribution in [2.45, 2.75) is 71.1 Å². The zero-order valence-corrected chi connectivity index (χ0v) is 12.8. The van der Waals surface area contributed by atoms with E-state index in [0.29, 0.717) is 6.42 Å². The first kappa shape index (κ1) is 19.8. The number of carboxylic acids is 1. The fourth-order valence-electron chi connectivity index (χ4n) is 1.63. The predicted molar refractivity (Wildman–Crippen MR) is 68.6 cm³/mol. The van der Waals surface area contributed by atoms with Gasteiger partial charge in [-0.15, -0.1) is 0 Å². The zero-order valence-electron chi connectivity index (χ0n) is 10.9. The monoisotopic (exact) mass is 391 g/mol. The molecule has 0 saturated carbocycles. The standard InChI is InChI=1S/C14H26O2.Ho/c1-2-3-4-5-6-7-8-9-10-11-12-13-14(15)16;/h5-6H,2-4,7-13H2,1H3,(H,15,16);. The number of carboxylic acid groups (broad SMARTS) is 1. The largest absolute Gasteiger partial charge is 0.481 e. The average Bonchev–Trinajstić information content (AvgIpc) is 2.25. The molecule has 0 unspecified atom stereocenters. The van der Waals surface area contributed by atoms with E-state index in [0.717, 1.165) is 12.8 Å². The van der Waals surface area contributed by atoms with Crippen LogP contribution in [-0.4, -0.2) is 11.1 Å². The fraction of sp³-hybridized carbons (Fsp3) is 0.786. The molecule has 0 bridgehead atoms. The van der Waals surface area contributed by atoms with Crippen molar-refractivity contribution in [3.05, 3.63) is 12.2 Å². The van der Waals surface area contributed by atoms with Crippen LogP contribution in [0.4, 0.5) is 0 Å². The number of hydrogen-bond acceptors (Lipinski definition) is 1. The SMILES string of the molecule is CCCCC=CCCCCCCCC(=O)O.[Ho]. The van der Waals surface area contributed by atoms with Crippen LogP contribution in [0, 0.1) is 37.7 Å². The third-order valence-electron chi connectivity index (χ3n) is 2.65. The van der Waals surface area contributed by atoms with Crippen molar-refractivity contribution < 1.29 is 47.6 Å². The van der Waals surface area contributed by atoms with Gasteiger partial charge in [-0.3, -0.25) is 4.79 Å². The fourth-order valence-corrected chi connectivity index (χ4v) is 1.63. The zero-order chi connectivity index (χ0) is 12.1. The van der Waals surface area contributed by atoms with Gasteiger partial charge in [-0.25, -0.2) is 0 Å². The summed E-state index contributed by atoms with van der Waals surface area (Å²) >= 11 is 0. The van der Waals surface area contributed by atoms with E-state index in [1.54, 1.807) is 0 Å². The Morgan fingerprint density at radius 3 is 2.06 bits per heavy atom. The summed E-state index contributed by atoms with van der Waals surface area (Å²) in [7, 11) is 0. The second-order valence-electron chi connectivity index (χ2n) is 4.31. The average molecular weight is 391 g/mol. The van der Waals surface area contributed by atoms with Crippen LogP contribution in [0.2, 0.25) is 0 Å².